The van der Waals surface area contributed by atoms with Crippen LogP contribution in [0, 0.1) is 6.58 Å². The molecular weight excluding hydrogens is 92.1 g/mol. The predicted octanol–water partition coefficient (Wildman–Crippen LogP) is 0.594. The number of hydrogen-bond donors (Lipinski definition) is 0. The minimum atomic E-state index is -0.361. The summed E-state index contributed by atoms with van der Waals surface area (Å²) in [4.78, 5) is 0. The maximum atomic E-state index is 5.02. The maximum absolute atomic E-state index is 5.02. The third kappa shape index (κ3) is 2.37. The quantitative estimate of drug-likeness (QED) is 0.484. The van der Waals surface area contributed by atoms with Crippen LogP contribution < -0.4 is 0 Å². The molecule has 0 amide bonds. The van der Waals surface area contributed by atoms with Gasteiger partial charge in [0.25, 0.3) is 0 Å². The van der Waals surface area contributed by atoms with Crippen LogP contribution in [0.15, 0.2) is 6.08 Å². The second kappa shape index (κ2) is 3.84. The molecule has 0 fully saturated rings. The molecule has 0 spiro atoms. The Balaban J connectivity index is 3.16. The molecule has 0 aliphatic carbocycles. The standard InChI is InChI=1S/C5H9O2/c1-4-5(6-2)7-3/h1,4-5H,2-3H3. The van der Waals surface area contributed by atoms with Crippen LogP contribution in [0.2, 0.25) is 0 Å². The van der Waals surface area contributed by atoms with E-state index in [1.165, 1.54) is 20.3 Å². The van der Waals surface area contributed by atoms with Crippen molar-refractivity contribution in [3.8, 4) is 0 Å². The SMILES string of the molecule is [CH]=CC(OC)OC. The minimum absolute atomic E-state index is 0.361. The highest BCUT2D eigenvalue weighted by Crippen LogP contribution is 1.87. The first-order valence-electron chi connectivity index (χ1n) is 1.95. The van der Waals surface area contributed by atoms with E-state index in [0.29, 0.717) is 0 Å². The van der Waals surface area contributed by atoms with Crippen molar-refractivity contribution in [3.63, 3.8) is 0 Å². The molecular formula is C5H9O2. The topological polar surface area (TPSA) is 18.5 Å². The Kier molecular flexibility index (Phi) is 3.65. The van der Waals surface area contributed by atoms with Crippen molar-refractivity contribution in [2.24, 2.45) is 0 Å². The summed E-state index contributed by atoms with van der Waals surface area (Å²) in [6.07, 6.45) is 0.972. The highest BCUT2D eigenvalue weighted by molar-refractivity contribution is 4.66. The van der Waals surface area contributed by atoms with Gasteiger partial charge >= 0.3 is 0 Å². The summed E-state index contributed by atoms with van der Waals surface area (Å²) in [6.45, 7) is 5.02. The van der Waals surface area contributed by atoms with Gasteiger partial charge in [0.15, 0.2) is 6.29 Å². The molecule has 41 valence electrons. The van der Waals surface area contributed by atoms with Crippen molar-refractivity contribution in [2.45, 2.75) is 6.29 Å². The molecule has 0 heterocycles. The van der Waals surface area contributed by atoms with Crippen LogP contribution >= 0.6 is 0 Å². The molecule has 7 heavy (non-hydrogen) atoms. The Labute approximate surface area is 43.7 Å². The second-order valence-corrected chi connectivity index (χ2v) is 1.03. The van der Waals surface area contributed by atoms with Crippen LogP contribution in [-0.2, 0) is 9.47 Å². The van der Waals surface area contributed by atoms with Gasteiger partial charge in [0.2, 0.25) is 0 Å². The lowest BCUT2D eigenvalue weighted by molar-refractivity contribution is -0.0665. The van der Waals surface area contributed by atoms with E-state index in [9.17, 15) is 0 Å². The van der Waals surface area contributed by atoms with Gasteiger partial charge in [-0.3, -0.25) is 0 Å². The zero-order valence-electron chi connectivity index (χ0n) is 4.55. The Bertz CT molecular complexity index is 48.0. The zero-order chi connectivity index (χ0) is 5.70. The van der Waals surface area contributed by atoms with E-state index in [-0.39, 0.29) is 6.29 Å². The fourth-order valence-corrected chi connectivity index (χ4v) is 0.253. The van der Waals surface area contributed by atoms with Gasteiger partial charge in [-0.15, -0.1) is 0 Å². The molecule has 0 aliphatic rings. The van der Waals surface area contributed by atoms with Crippen LogP contribution in [0.25, 0.3) is 0 Å². The molecule has 2 nitrogen and oxygen atoms in total. The van der Waals surface area contributed by atoms with E-state index in [0.717, 1.165) is 0 Å². The largest absolute Gasteiger partial charge is 0.352 e. The summed E-state index contributed by atoms with van der Waals surface area (Å²) < 4.78 is 9.29. The molecule has 0 atom stereocenters. The first-order valence-corrected chi connectivity index (χ1v) is 1.95. The Morgan fingerprint density at radius 2 is 1.86 bits per heavy atom. The van der Waals surface area contributed by atoms with Gasteiger partial charge in [-0.1, -0.05) is 6.58 Å². The first kappa shape index (κ1) is 6.66. The number of hydrogen-bond acceptors (Lipinski definition) is 2. The van der Waals surface area contributed by atoms with Crippen molar-refractivity contribution in [1.82, 2.24) is 0 Å². The van der Waals surface area contributed by atoms with E-state index in [1.54, 1.807) is 0 Å². The van der Waals surface area contributed by atoms with Crippen LogP contribution in [0.5, 0.6) is 0 Å². The van der Waals surface area contributed by atoms with Crippen LogP contribution in [0.4, 0.5) is 0 Å². The van der Waals surface area contributed by atoms with E-state index < -0.39 is 0 Å². The fraction of sp³-hybridized carbons (Fsp3) is 0.600. The Morgan fingerprint density at radius 3 is 1.86 bits per heavy atom. The van der Waals surface area contributed by atoms with Gasteiger partial charge in [-0.05, 0) is 6.08 Å². The van der Waals surface area contributed by atoms with Crippen LogP contribution in [-0.4, -0.2) is 20.5 Å². The summed E-state index contributed by atoms with van der Waals surface area (Å²) in [5.74, 6) is 0. The molecule has 0 saturated heterocycles. The molecule has 2 heteroatoms. The summed E-state index contributed by atoms with van der Waals surface area (Å²) in [7, 11) is 3.05. The van der Waals surface area contributed by atoms with Crippen molar-refractivity contribution in [2.75, 3.05) is 14.2 Å². The van der Waals surface area contributed by atoms with E-state index in [2.05, 4.69) is 9.47 Å². The molecule has 1 radical (unpaired) electrons. The molecule has 0 aromatic heterocycles. The second-order valence-electron chi connectivity index (χ2n) is 1.03. The highest BCUT2D eigenvalue weighted by Gasteiger charge is 1.92. The average Bonchev–Trinajstić information content (AvgIpc) is 1.72. The molecule has 0 saturated carbocycles. The van der Waals surface area contributed by atoms with Gasteiger partial charge in [0, 0.05) is 14.2 Å². The maximum Gasteiger partial charge on any atom is 0.176 e. The number of rotatable bonds is 3. The van der Waals surface area contributed by atoms with Gasteiger partial charge in [-0.2, -0.15) is 0 Å². The van der Waals surface area contributed by atoms with E-state index in [1.807, 2.05) is 0 Å². The summed E-state index contributed by atoms with van der Waals surface area (Å²) >= 11 is 0. The Morgan fingerprint density at radius 1 is 1.43 bits per heavy atom. The third-order valence-corrected chi connectivity index (χ3v) is 0.622. The monoisotopic (exact) mass is 101 g/mol. The summed E-state index contributed by atoms with van der Waals surface area (Å²) in [5.41, 5.74) is 0. The van der Waals surface area contributed by atoms with Gasteiger partial charge < -0.3 is 9.47 Å². The lowest BCUT2D eigenvalue weighted by Gasteiger charge is -2.04. The van der Waals surface area contributed by atoms with Crippen molar-refractivity contribution in [3.05, 3.63) is 12.7 Å². The summed E-state index contributed by atoms with van der Waals surface area (Å²) in [6, 6.07) is 0. The molecule has 0 N–H and O–H groups in total. The molecule has 0 rings (SSSR count). The lowest BCUT2D eigenvalue weighted by Crippen LogP contribution is -2.07. The Hall–Kier alpha value is -0.340. The van der Waals surface area contributed by atoms with E-state index in [4.69, 9.17) is 6.58 Å². The molecule has 0 aromatic rings. The first-order chi connectivity index (χ1) is 3.35. The number of methoxy groups -OCH3 is 2. The van der Waals surface area contributed by atoms with Crippen molar-refractivity contribution >= 4 is 0 Å². The smallest absolute Gasteiger partial charge is 0.176 e. The van der Waals surface area contributed by atoms with Gasteiger partial charge in [0.05, 0.1) is 0 Å². The molecule has 0 aliphatic heterocycles. The predicted molar refractivity (Wildman–Crippen MR) is 26.7 cm³/mol. The lowest BCUT2D eigenvalue weighted by atomic mass is 10.6. The normalized spacial score (nSPS) is 9.57. The average molecular weight is 101 g/mol. The van der Waals surface area contributed by atoms with Crippen molar-refractivity contribution < 1.29 is 9.47 Å². The highest BCUT2D eigenvalue weighted by atomic mass is 16.7. The minimum Gasteiger partial charge on any atom is -0.352 e. The van der Waals surface area contributed by atoms with Crippen LogP contribution in [0.3, 0.4) is 0 Å². The molecule has 0 bridgehead atoms. The van der Waals surface area contributed by atoms with E-state index >= 15 is 0 Å². The third-order valence-electron chi connectivity index (χ3n) is 0.622. The molecule has 0 unspecified atom stereocenters. The fourth-order valence-electron chi connectivity index (χ4n) is 0.253. The van der Waals surface area contributed by atoms with Gasteiger partial charge in [-0.25, -0.2) is 0 Å². The van der Waals surface area contributed by atoms with Gasteiger partial charge in [0.1, 0.15) is 0 Å². The van der Waals surface area contributed by atoms with Crippen molar-refractivity contribution in [1.29, 1.82) is 0 Å². The summed E-state index contributed by atoms with van der Waals surface area (Å²) in [5, 5.41) is 0. The van der Waals surface area contributed by atoms with Crippen LogP contribution in [0.1, 0.15) is 0 Å². The molecule has 0 aromatic carbocycles. The number of ether oxygens (including phenoxy) is 2. The zero-order valence-corrected chi connectivity index (χ0v) is 4.55.